The third-order valence-corrected chi connectivity index (χ3v) is 4.28. The summed E-state index contributed by atoms with van der Waals surface area (Å²) in [4.78, 5) is 30.7. The second-order valence-electron chi connectivity index (χ2n) is 5.86. The molecule has 11 heteroatoms. The van der Waals surface area contributed by atoms with Crippen LogP contribution in [0.2, 0.25) is 0 Å². The van der Waals surface area contributed by atoms with Gasteiger partial charge in [0.25, 0.3) is 5.91 Å². The zero-order chi connectivity index (χ0) is 16.8. The minimum Gasteiger partial charge on any atom is -0.304 e. The maximum Gasteiger partial charge on any atom is 0.418 e. The van der Waals surface area contributed by atoms with Crippen molar-refractivity contribution in [3.8, 4) is 0 Å². The monoisotopic (exact) mass is 347 g/mol. The number of amides is 3. The summed E-state index contributed by atoms with van der Waals surface area (Å²) in [7, 11) is -4.83. The van der Waals surface area contributed by atoms with E-state index < -0.39 is 34.4 Å². The SMILES string of the molecule is CC1=C[C@@H]2CN(C(=O)N2OS(=O)(=O)O)[C@@H]1C(=O)NOCC1CC1. The normalized spacial score (nSPS) is 27.2. The largest absolute Gasteiger partial charge is 0.418 e. The lowest BCUT2D eigenvalue weighted by molar-refractivity contribution is -0.137. The zero-order valence-corrected chi connectivity index (χ0v) is 13.2. The van der Waals surface area contributed by atoms with Gasteiger partial charge >= 0.3 is 16.4 Å². The van der Waals surface area contributed by atoms with E-state index in [0.717, 1.165) is 12.8 Å². The van der Waals surface area contributed by atoms with Crippen molar-refractivity contribution < 1.29 is 31.7 Å². The number of hydroxylamine groups is 3. The second-order valence-corrected chi connectivity index (χ2v) is 6.87. The van der Waals surface area contributed by atoms with Crippen LogP contribution in [0.25, 0.3) is 0 Å². The fourth-order valence-electron chi connectivity index (χ4n) is 2.71. The molecule has 1 saturated heterocycles. The first-order chi connectivity index (χ1) is 10.8. The lowest BCUT2D eigenvalue weighted by atomic mass is 10.0. The zero-order valence-electron chi connectivity index (χ0n) is 12.3. The number of rotatable bonds is 6. The van der Waals surface area contributed by atoms with E-state index >= 15 is 0 Å². The van der Waals surface area contributed by atoms with Crippen molar-refractivity contribution in [1.29, 1.82) is 0 Å². The van der Waals surface area contributed by atoms with Crippen LogP contribution in [0.15, 0.2) is 11.6 Å². The number of nitrogens with zero attached hydrogens (tertiary/aromatic N) is 2. The topological polar surface area (TPSA) is 125 Å². The molecule has 0 aromatic carbocycles. The lowest BCUT2D eigenvalue weighted by Crippen LogP contribution is -2.50. The van der Waals surface area contributed by atoms with Crippen LogP contribution >= 0.6 is 0 Å². The molecule has 2 atom stereocenters. The van der Waals surface area contributed by atoms with E-state index in [-0.39, 0.29) is 6.54 Å². The van der Waals surface area contributed by atoms with E-state index in [0.29, 0.717) is 23.2 Å². The molecule has 0 aromatic heterocycles. The Kier molecular flexibility index (Phi) is 4.04. The van der Waals surface area contributed by atoms with Crippen molar-refractivity contribution in [3.05, 3.63) is 11.6 Å². The van der Waals surface area contributed by atoms with Crippen LogP contribution in [0.1, 0.15) is 19.8 Å². The first kappa shape index (κ1) is 16.2. The Labute approximate surface area is 132 Å². The number of fused-ring (bicyclic) bond motifs is 2. The van der Waals surface area contributed by atoms with E-state index in [1.165, 1.54) is 4.90 Å². The number of carbonyl (C=O) groups excluding carboxylic acids is 2. The highest BCUT2D eigenvalue weighted by Gasteiger charge is 2.48. The summed E-state index contributed by atoms with van der Waals surface area (Å²) in [5.74, 6) is -0.0466. The molecule has 2 heterocycles. The first-order valence-corrected chi connectivity index (χ1v) is 8.49. The minimum atomic E-state index is -4.83. The molecular formula is C12H17N3O7S. The van der Waals surface area contributed by atoms with Crippen LogP contribution in [0.3, 0.4) is 0 Å². The summed E-state index contributed by atoms with van der Waals surface area (Å²) in [6.45, 7) is 2.15. The van der Waals surface area contributed by atoms with Gasteiger partial charge in [-0.25, -0.2) is 10.3 Å². The van der Waals surface area contributed by atoms with Crippen LogP contribution in [0.4, 0.5) is 4.79 Å². The molecule has 0 radical (unpaired) electrons. The Morgan fingerprint density at radius 1 is 1.48 bits per heavy atom. The summed E-state index contributed by atoms with van der Waals surface area (Å²) in [5, 5.41) is 0.539. The predicted molar refractivity (Wildman–Crippen MR) is 74.7 cm³/mol. The highest BCUT2D eigenvalue weighted by Crippen LogP contribution is 2.30. The van der Waals surface area contributed by atoms with Crippen molar-refractivity contribution >= 4 is 22.3 Å². The van der Waals surface area contributed by atoms with Gasteiger partial charge in [0.15, 0.2) is 0 Å². The Bertz CT molecular complexity index is 658. The predicted octanol–water partition coefficient (Wildman–Crippen LogP) is -0.387. The fourth-order valence-corrected chi connectivity index (χ4v) is 3.08. The van der Waals surface area contributed by atoms with Crippen LogP contribution in [0.5, 0.6) is 0 Å². The van der Waals surface area contributed by atoms with Gasteiger partial charge in [0, 0.05) is 0 Å². The molecule has 1 saturated carbocycles. The van der Waals surface area contributed by atoms with Gasteiger partial charge in [0.1, 0.15) is 6.04 Å². The average molecular weight is 347 g/mol. The summed E-state index contributed by atoms with van der Waals surface area (Å²) >= 11 is 0. The van der Waals surface area contributed by atoms with Gasteiger partial charge in [-0.3, -0.25) is 14.2 Å². The smallest absolute Gasteiger partial charge is 0.304 e. The molecule has 0 aromatic rings. The van der Waals surface area contributed by atoms with Crippen LogP contribution in [0, 0.1) is 5.92 Å². The second kappa shape index (κ2) is 5.74. The van der Waals surface area contributed by atoms with E-state index in [4.69, 9.17) is 9.39 Å². The number of carbonyl (C=O) groups is 2. The van der Waals surface area contributed by atoms with E-state index in [2.05, 4.69) is 9.76 Å². The highest BCUT2D eigenvalue weighted by molar-refractivity contribution is 7.80. The van der Waals surface area contributed by atoms with Gasteiger partial charge in [-0.1, -0.05) is 6.08 Å². The van der Waals surface area contributed by atoms with Crippen LogP contribution < -0.4 is 5.48 Å². The third-order valence-electron chi connectivity index (χ3n) is 3.93. The van der Waals surface area contributed by atoms with Gasteiger partial charge in [0.05, 0.1) is 19.2 Å². The third kappa shape index (κ3) is 3.47. The number of urea groups is 1. The molecule has 2 bridgehead atoms. The minimum absolute atomic E-state index is 0.0758. The Morgan fingerprint density at radius 3 is 2.78 bits per heavy atom. The Balaban J connectivity index is 1.69. The fraction of sp³-hybridized carbons (Fsp3) is 0.667. The molecule has 23 heavy (non-hydrogen) atoms. The molecule has 3 aliphatic rings. The number of hydrogen-bond donors (Lipinski definition) is 2. The van der Waals surface area contributed by atoms with E-state index in [1.807, 2.05) is 0 Å². The van der Waals surface area contributed by atoms with Gasteiger partial charge in [-0.15, -0.1) is 4.28 Å². The first-order valence-electron chi connectivity index (χ1n) is 7.13. The maximum absolute atomic E-state index is 12.2. The van der Waals surface area contributed by atoms with Crippen molar-refractivity contribution in [3.63, 3.8) is 0 Å². The van der Waals surface area contributed by atoms with Gasteiger partial charge in [-0.05, 0) is 31.3 Å². The molecule has 3 amide bonds. The number of hydrogen-bond acceptors (Lipinski definition) is 6. The van der Waals surface area contributed by atoms with Crippen LogP contribution in [-0.2, 0) is 24.3 Å². The van der Waals surface area contributed by atoms with Crippen molar-refractivity contribution in [1.82, 2.24) is 15.4 Å². The summed E-state index contributed by atoms with van der Waals surface area (Å²) in [6, 6.07) is -2.42. The van der Waals surface area contributed by atoms with Crippen molar-refractivity contribution in [2.24, 2.45) is 5.92 Å². The van der Waals surface area contributed by atoms with Crippen molar-refractivity contribution in [2.75, 3.05) is 13.2 Å². The summed E-state index contributed by atoms with van der Waals surface area (Å²) < 4.78 is 34.7. The molecule has 2 fully saturated rings. The summed E-state index contributed by atoms with van der Waals surface area (Å²) in [6.07, 6.45) is 3.70. The highest BCUT2D eigenvalue weighted by atomic mass is 32.3. The lowest BCUT2D eigenvalue weighted by Gasteiger charge is -2.28. The van der Waals surface area contributed by atoms with Gasteiger partial charge in [-0.2, -0.15) is 13.5 Å². The molecule has 2 N–H and O–H groups in total. The quantitative estimate of drug-likeness (QED) is 0.381. The average Bonchev–Trinajstić information content (AvgIpc) is 3.22. The molecule has 2 aliphatic heterocycles. The van der Waals surface area contributed by atoms with E-state index in [1.54, 1.807) is 13.0 Å². The standard InChI is InChI=1S/C12H17N3O7S/c1-7-4-9-5-14(12(17)15(9)22-23(18,19)20)10(7)11(16)13-21-6-8-2-3-8/h4,8-10H,2-3,5-6H2,1H3,(H,13,16)(H,18,19,20)/t9-,10+/m1/s1. The maximum atomic E-state index is 12.2. The van der Waals surface area contributed by atoms with Gasteiger partial charge in [0.2, 0.25) is 0 Å². The summed E-state index contributed by atoms with van der Waals surface area (Å²) in [5.41, 5.74) is 2.88. The van der Waals surface area contributed by atoms with Gasteiger partial charge < -0.3 is 4.90 Å². The molecule has 0 spiro atoms. The molecular weight excluding hydrogens is 330 g/mol. The molecule has 0 unspecified atom stereocenters. The molecule has 128 valence electrons. The van der Waals surface area contributed by atoms with Crippen LogP contribution in [-0.4, -0.2) is 60.1 Å². The Morgan fingerprint density at radius 2 is 2.17 bits per heavy atom. The molecule has 10 nitrogen and oxygen atoms in total. The molecule has 3 rings (SSSR count). The number of nitrogens with one attached hydrogen (secondary N) is 1. The van der Waals surface area contributed by atoms with E-state index in [9.17, 15) is 18.0 Å². The molecule has 1 aliphatic carbocycles. The Hall–Kier alpha value is -1.69. The van der Waals surface area contributed by atoms with Crippen molar-refractivity contribution in [2.45, 2.75) is 31.8 Å².